The van der Waals surface area contributed by atoms with Crippen LogP contribution in [0.1, 0.15) is 41.0 Å². The summed E-state index contributed by atoms with van der Waals surface area (Å²) in [6.07, 6.45) is 2.03. The molecule has 0 saturated carbocycles. The molecule has 1 aromatic heterocycles. The van der Waals surface area contributed by atoms with E-state index in [0.29, 0.717) is 6.04 Å². The molecule has 0 spiro atoms. The third kappa shape index (κ3) is 3.64. The monoisotopic (exact) mass is 274 g/mol. The Morgan fingerprint density at radius 2 is 1.95 bits per heavy atom. The quantitative estimate of drug-likeness (QED) is 0.864. The number of likely N-dealkylation sites (N-methyl/N-ethyl adjacent to an activating group) is 1. The lowest BCUT2D eigenvalue weighted by molar-refractivity contribution is 0.546. The van der Waals surface area contributed by atoms with Crippen molar-refractivity contribution in [3.05, 3.63) is 51.5 Å². The van der Waals surface area contributed by atoms with Crippen molar-refractivity contribution in [3.63, 3.8) is 0 Å². The molecule has 0 saturated heterocycles. The van der Waals surface area contributed by atoms with Crippen LogP contribution in [0.2, 0.25) is 0 Å². The molecule has 2 aromatic rings. The molecule has 19 heavy (non-hydrogen) atoms. The van der Waals surface area contributed by atoms with Crippen LogP contribution in [0.4, 0.5) is 0 Å². The average molecular weight is 274 g/mol. The van der Waals surface area contributed by atoms with E-state index in [-0.39, 0.29) is 0 Å². The maximum Gasteiger partial charge on any atom is 0.110 e. The van der Waals surface area contributed by atoms with Gasteiger partial charge in [-0.25, -0.2) is 4.98 Å². The zero-order valence-electron chi connectivity index (χ0n) is 11.9. The predicted molar refractivity (Wildman–Crippen MR) is 82.8 cm³/mol. The summed E-state index contributed by atoms with van der Waals surface area (Å²) in [5, 5.41) is 4.78. The van der Waals surface area contributed by atoms with E-state index in [1.54, 1.807) is 0 Å². The van der Waals surface area contributed by atoms with Crippen LogP contribution in [0.5, 0.6) is 0 Å². The van der Waals surface area contributed by atoms with Crippen LogP contribution < -0.4 is 5.32 Å². The average Bonchev–Trinajstić information content (AvgIpc) is 2.81. The van der Waals surface area contributed by atoms with Crippen molar-refractivity contribution >= 4 is 11.3 Å². The molecule has 0 aliphatic rings. The van der Waals surface area contributed by atoms with Crippen molar-refractivity contribution in [1.29, 1.82) is 0 Å². The first-order valence-electron chi connectivity index (χ1n) is 6.98. The summed E-state index contributed by atoms with van der Waals surface area (Å²) in [6.45, 7) is 7.47. The molecule has 1 N–H and O–H groups in total. The summed E-state index contributed by atoms with van der Waals surface area (Å²) < 4.78 is 0. The Kier molecular flexibility index (Phi) is 5.11. The van der Waals surface area contributed by atoms with Crippen molar-refractivity contribution in [1.82, 2.24) is 10.3 Å². The van der Waals surface area contributed by atoms with E-state index >= 15 is 0 Å². The molecular weight excluding hydrogens is 252 g/mol. The summed E-state index contributed by atoms with van der Waals surface area (Å²) in [5.74, 6) is 0. The van der Waals surface area contributed by atoms with Gasteiger partial charge >= 0.3 is 0 Å². The largest absolute Gasteiger partial charge is 0.308 e. The number of nitrogens with zero attached hydrogens (tertiary/aromatic N) is 1. The van der Waals surface area contributed by atoms with Crippen LogP contribution in [0.15, 0.2) is 30.3 Å². The first-order valence-corrected chi connectivity index (χ1v) is 7.79. The highest BCUT2D eigenvalue weighted by molar-refractivity contribution is 7.11. The van der Waals surface area contributed by atoms with Crippen LogP contribution in [0.25, 0.3) is 0 Å². The number of nitrogens with one attached hydrogen (secondary N) is 1. The zero-order valence-corrected chi connectivity index (χ0v) is 12.8. The number of thiazole rings is 1. The van der Waals surface area contributed by atoms with Crippen molar-refractivity contribution in [2.24, 2.45) is 0 Å². The van der Waals surface area contributed by atoms with E-state index in [0.717, 1.165) is 19.4 Å². The second kappa shape index (κ2) is 6.83. The highest BCUT2D eigenvalue weighted by Crippen LogP contribution is 2.26. The molecule has 0 fully saturated rings. The Bertz CT molecular complexity index is 505. The SMILES string of the molecule is CCNC(Cc1ccccc1)c1nc(CC)c(C)s1. The normalized spacial score (nSPS) is 12.6. The Morgan fingerprint density at radius 1 is 1.21 bits per heavy atom. The van der Waals surface area contributed by atoms with E-state index < -0.39 is 0 Å². The summed E-state index contributed by atoms with van der Waals surface area (Å²) in [5.41, 5.74) is 2.61. The standard InChI is InChI=1S/C16H22N2S/c1-4-14-12(3)19-16(18-14)15(17-5-2)11-13-9-7-6-8-10-13/h6-10,15,17H,4-5,11H2,1-3H3. The van der Waals surface area contributed by atoms with Gasteiger partial charge in [0.15, 0.2) is 0 Å². The molecule has 0 amide bonds. The summed E-state index contributed by atoms with van der Waals surface area (Å²) in [7, 11) is 0. The fraction of sp³-hybridized carbons (Fsp3) is 0.438. The highest BCUT2D eigenvalue weighted by atomic mass is 32.1. The molecule has 0 aliphatic carbocycles. The smallest absolute Gasteiger partial charge is 0.110 e. The molecule has 2 nitrogen and oxygen atoms in total. The van der Waals surface area contributed by atoms with Crippen molar-refractivity contribution < 1.29 is 0 Å². The van der Waals surface area contributed by atoms with Gasteiger partial charge in [-0.2, -0.15) is 0 Å². The Hall–Kier alpha value is -1.19. The zero-order chi connectivity index (χ0) is 13.7. The Balaban J connectivity index is 2.19. The molecule has 2 rings (SSSR count). The third-order valence-corrected chi connectivity index (χ3v) is 4.40. The molecule has 0 bridgehead atoms. The van der Waals surface area contributed by atoms with Gasteiger partial charge in [-0.1, -0.05) is 44.2 Å². The molecule has 1 atom stereocenters. The lowest BCUT2D eigenvalue weighted by atomic mass is 10.1. The summed E-state index contributed by atoms with van der Waals surface area (Å²) >= 11 is 1.83. The lowest BCUT2D eigenvalue weighted by Crippen LogP contribution is -2.22. The maximum atomic E-state index is 4.80. The second-order valence-corrected chi connectivity index (χ2v) is 5.94. The van der Waals surface area contributed by atoms with Gasteiger partial charge in [-0.15, -0.1) is 11.3 Å². The van der Waals surface area contributed by atoms with Gasteiger partial charge in [0.1, 0.15) is 5.01 Å². The number of rotatable bonds is 6. The number of aryl methyl sites for hydroxylation is 2. The topological polar surface area (TPSA) is 24.9 Å². The lowest BCUT2D eigenvalue weighted by Gasteiger charge is -2.15. The van der Waals surface area contributed by atoms with Crippen LogP contribution in [0.3, 0.4) is 0 Å². The fourth-order valence-electron chi connectivity index (χ4n) is 2.27. The minimum absolute atomic E-state index is 0.330. The van der Waals surface area contributed by atoms with E-state index in [4.69, 9.17) is 4.98 Å². The number of hydrogen-bond donors (Lipinski definition) is 1. The molecule has 1 heterocycles. The summed E-state index contributed by atoms with van der Waals surface area (Å²) in [4.78, 5) is 6.15. The van der Waals surface area contributed by atoms with E-state index in [1.807, 2.05) is 11.3 Å². The van der Waals surface area contributed by atoms with Gasteiger partial charge in [-0.3, -0.25) is 0 Å². The molecule has 102 valence electrons. The van der Waals surface area contributed by atoms with E-state index in [1.165, 1.54) is 21.1 Å². The molecule has 1 unspecified atom stereocenters. The number of benzene rings is 1. The van der Waals surface area contributed by atoms with Gasteiger partial charge in [0.25, 0.3) is 0 Å². The molecule has 0 aliphatic heterocycles. The minimum atomic E-state index is 0.330. The predicted octanol–water partition coefficient (Wildman–Crippen LogP) is 3.91. The molecule has 1 aromatic carbocycles. The van der Waals surface area contributed by atoms with Crippen molar-refractivity contribution in [2.75, 3.05) is 6.54 Å². The van der Waals surface area contributed by atoms with Gasteiger partial charge in [0.2, 0.25) is 0 Å². The Morgan fingerprint density at radius 3 is 2.53 bits per heavy atom. The van der Waals surface area contributed by atoms with Crippen LogP contribution in [0, 0.1) is 6.92 Å². The third-order valence-electron chi connectivity index (χ3n) is 3.28. The molecular formula is C16H22N2S. The molecule has 0 radical (unpaired) electrons. The minimum Gasteiger partial charge on any atom is -0.308 e. The number of hydrogen-bond acceptors (Lipinski definition) is 3. The van der Waals surface area contributed by atoms with Crippen LogP contribution in [-0.2, 0) is 12.8 Å². The van der Waals surface area contributed by atoms with Gasteiger partial charge < -0.3 is 5.32 Å². The van der Waals surface area contributed by atoms with Crippen molar-refractivity contribution in [3.8, 4) is 0 Å². The fourth-order valence-corrected chi connectivity index (χ4v) is 3.36. The Labute approximate surface area is 119 Å². The summed E-state index contributed by atoms with van der Waals surface area (Å²) in [6, 6.07) is 11.0. The maximum absolute atomic E-state index is 4.80. The first kappa shape index (κ1) is 14.2. The van der Waals surface area contributed by atoms with Crippen LogP contribution in [-0.4, -0.2) is 11.5 Å². The van der Waals surface area contributed by atoms with E-state index in [2.05, 4.69) is 56.4 Å². The first-order chi connectivity index (χ1) is 9.24. The highest BCUT2D eigenvalue weighted by Gasteiger charge is 2.16. The van der Waals surface area contributed by atoms with Gasteiger partial charge in [0.05, 0.1) is 11.7 Å². The van der Waals surface area contributed by atoms with Gasteiger partial charge in [-0.05, 0) is 31.9 Å². The van der Waals surface area contributed by atoms with Crippen LogP contribution >= 0.6 is 11.3 Å². The number of aromatic nitrogens is 1. The van der Waals surface area contributed by atoms with Gasteiger partial charge in [0, 0.05) is 4.88 Å². The van der Waals surface area contributed by atoms with Crippen molar-refractivity contribution in [2.45, 2.75) is 39.7 Å². The second-order valence-electron chi connectivity index (χ2n) is 4.71. The van der Waals surface area contributed by atoms with E-state index in [9.17, 15) is 0 Å². The molecule has 3 heteroatoms.